The van der Waals surface area contributed by atoms with Crippen LogP contribution in [0.4, 0.5) is 4.39 Å². The molecule has 3 amide bonds. The van der Waals surface area contributed by atoms with E-state index in [1.54, 1.807) is 6.07 Å². The Kier molecular flexibility index (Phi) is 5.09. The zero-order valence-electron chi connectivity index (χ0n) is 17.2. The molecule has 162 valence electrons. The van der Waals surface area contributed by atoms with Crippen LogP contribution in [0, 0.1) is 5.82 Å². The SMILES string of the molecule is O=C1CCC(N2Cc3c(cc(F)cc3C3CCN(Cc4cc[nH]c4)CC3)C2=O)C(=O)N1. The van der Waals surface area contributed by atoms with Crippen LogP contribution in [0.25, 0.3) is 0 Å². The number of hydrogen-bond donors (Lipinski definition) is 2. The number of fused-ring (bicyclic) bond motifs is 1. The lowest BCUT2D eigenvalue weighted by molar-refractivity contribution is -0.136. The van der Waals surface area contributed by atoms with Crippen molar-refractivity contribution >= 4 is 17.7 Å². The highest BCUT2D eigenvalue weighted by molar-refractivity contribution is 6.05. The van der Waals surface area contributed by atoms with Crippen LogP contribution < -0.4 is 5.32 Å². The predicted molar refractivity (Wildman–Crippen MR) is 110 cm³/mol. The van der Waals surface area contributed by atoms with Crippen LogP contribution in [0.2, 0.25) is 0 Å². The van der Waals surface area contributed by atoms with E-state index in [1.807, 2.05) is 12.4 Å². The lowest BCUT2D eigenvalue weighted by atomic mass is 9.85. The molecule has 3 aliphatic rings. The van der Waals surface area contributed by atoms with E-state index < -0.39 is 17.8 Å². The van der Waals surface area contributed by atoms with Crippen LogP contribution in [0.5, 0.6) is 0 Å². The standard InChI is InChI=1S/C23H25FN4O3/c24-16-9-17(15-4-7-27(8-5-15)12-14-3-6-25-11-14)19-13-28(23(31)18(19)10-16)20-1-2-21(29)26-22(20)30/h3,6,9-11,15,20,25H,1-2,4-5,7-8,12-13H2,(H,26,29,30). The van der Waals surface area contributed by atoms with Gasteiger partial charge in [-0.3, -0.25) is 24.6 Å². The first-order chi connectivity index (χ1) is 15.0. The minimum absolute atomic E-state index is 0.182. The van der Waals surface area contributed by atoms with E-state index in [0.717, 1.165) is 43.6 Å². The summed E-state index contributed by atoms with van der Waals surface area (Å²) in [6.45, 7) is 3.00. The molecule has 5 rings (SSSR count). The molecule has 1 atom stereocenters. The lowest BCUT2D eigenvalue weighted by Gasteiger charge is -2.33. The van der Waals surface area contributed by atoms with Gasteiger partial charge in [0.1, 0.15) is 11.9 Å². The summed E-state index contributed by atoms with van der Waals surface area (Å²) in [7, 11) is 0. The van der Waals surface area contributed by atoms with Crippen molar-refractivity contribution in [2.45, 2.75) is 50.7 Å². The highest BCUT2D eigenvalue weighted by Gasteiger charge is 2.41. The van der Waals surface area contributed by atoms with Crippen molar-refractivity contribution in [1.29, 1.82) is 0 Å². The van der Waals surface area contributed by atoms with Crippen LogP contribution in [0.1, 0.15) is 58.6 Å². The summed E-state index contributed by atoms with van der Waals surface area (Å²) < 4.78 is 14.5. The van der Waals surface area contributed by atoms with Crippen LogP contribution in [0.3, 0.4) is 0 Å². The fraction of sp³-hybridized carbons (Fsp3) is 0.435. The minimum atomic E-state index is -0.684. The predicted octanol–water partition coefficient (Wildman–Crippen LogP) is 2.29. The van der Waals surface area contributed by atoms with Gasteiger partial charge in [0.2, 0.25) is 11.8 Å². The first kappa shape index (κ1) is 19.9. The zero-order chi connectivity index (χ0) is 21.5. The molecule has 1 unspecified atom stereocenters. The van der Waals surface area contributed by atoms with Crippen molar-refractivity contribution in [2.24, 2.45) is 0 Å². The molecule has 0 radical (unpaired) electrons. The summed E-state index contributed by atoms with van der Waals surface area (Å²) in [5.74, 6) is -1.32. The van der Waals surface area contributed by atoms with Crippen LogP contribution in [0.15, 0.2) is 30.6 Å². The number of amides is 3. The Hall–Kier alpha value is -3.00. The Morgan fingerprint density at radius 2 is 1.90 bits per heavy atom. The van der Waals surface area contributed by atoms with Crippen LogP contribution in [-0.2, 0) is 22.7 Å². The number of piperidine rings is 2. The van der Waals surface area contributed by atoms with E-state index in [0.29, 0.717) is 18.5 Å². The van der Waals surface area contributed by atoms with Gasteiger partial charge in [0, 0.05) is 37.5 Å². The second-order valence-electron chi connectivity index (χ2n) is 8.69. The summed E-state index contributed by atoms with van der Waals surface area (Å²) in [4.78, 5) is 43.8. The summed E-state index contributed by atoms with van der Waals surface area (Å²) in [6, 6.07) is 4.23. The lowest BCUT2D eigenvalue weighted by Crippen LogP contribution is -2.52. The van der Waals surface area contributed by atoms with E-state index in [1.165, 1.54) is 16.5 Å². The first-order valence-corrected chi connectivity index (χ1v) is 10.8. The average Bonchev–Trinajstić information content (AvgIpc) is 3.37. The maximum Gasteiger partial charge on any atom is 0.255 e. The number of H-pyrrole nitrogens is 1. The van der Waals surface area contributed by atoms with E-state index in [2.05, 4.69) is 21.3 Å². The number of benzene rings is 1. The molecular weight excluding hydrogens is 399 g/mol. The average molecular weight is 424 g/mol. The summed E-state index contributed by atoms with van der Waals surface area (Å²) in [5.41, 5.74) is 3.32. The Bertz CT molecular complexity index is 1030. The van der Waals surface area contributed by atoms with Gasteiger partial charge >= 0.3 is 0 Å². The number of rotatable bonds is 4. The molecule has 2 fully saturated rings. The van der Waals surface area contributed by atoms with Crippen molar-refractivity contribution in [3.63, 3.8) is 0 Å². The molecule has 3 aliphatic heterocycles. The maximum atomic E-state index is 14.5. The van der Waals surface area contributed by atoms with Gasteiger partial charge in [-0.2, -0.15) is 0 Å². The number of carbonyl (C=O) groups is 3. The molecule has 7 nitrogen and oxygen atoms in total. The third-order valence-electron chi connectivity index (χ3n) is 6.75. The molecule has 2 aromatic rings. The van der Waals surface area contributed by atoms with Gasteiger partial charge in [-0.15, -0.1) is 0 Å². The van der Waals surface area contributed by atoms with Gasteiger partial charge in [0.25, 0.3) is 5.91 Å². The number of hydrogen-bond acceptors (Lipinski definition) is 4. The maximum absolute atomic E-state index is 14.5. The number of nitrogens with one attached hydrogen (secondary N) is 2. The number of nitrogens with zero attached hydrogens (tertiary/aromatic N) is 2. The number of carbonyl (C=O) groups excluding carboxylic acids is 3. The quantitative estimate of drug-likeness (QED) is 0.738. The second-order valence-corrected chi connectivity index (χ2v) is 8.69. The van der Waals surface area contributed by atoms with Crippen LogP contribution >= 0.6 is 0 Å². The molecular formula is C23H25FN4O3. The Morgan fingerprint density at radius 1 is 1.10 bits per heavy atom. The third-order valence-corrected chi connectivity index (χ3v) is 6.75. The highest BCUT2D eigenvalue weighted by atomic mass is 19.1. The van der Waals surface area contributed by atoms with Crippen LogP contribution in [-0.4, -0.2) is 51.6 Å². The molecule has 31 heavy (non-hydrogen) atoms. The summed E-state index contributed by atoms with van der Waals surface area (Å²) >= 11 is 0. The second kappa shape index (κ2) is 7.92. The number of aromatic nitrogens is 1. The number of imide groups is 1. The molecule has 8 heteroatoms. The van der Waals surface area contributed by atoms with E-state index >= 15 is 0 Å². The highest BCUT2D eigenvalue weighted by Crippen LogP contribution is 2.37. The van der Waals surface area contributed by atoms with E-state index in [4.69, 9.17) is 0 Å². The molecule has 1 aromatic heterocycles. The van der Waals surface area contributed by atoms with E-state index in [9.17, 15) is 18.8 Å². The number of aromatic amines is 1. The van der Waals surface area contributed by atoms with E-state index in [-0.39, 0.29) is 24.2 Å². The van der Waals surface area contributed by atoms with Crippen molar-refractivity contribution in [1.82, 2.24) is 20.1 Å². The molecule has 2 N–H and O–H groups in total. The zero-order valence-corrected chi connectivity index (χ0v) is 17.2. The van der Waals surface area contributed by atoms with Gasteiger partial charge in [0.15, 0.2) is 0 Å². The summed E-state index contributed by atoms with van der Waals surface area (Å²) in [5, 5.41) is 2.31. The number of likely N-dealkylation sites (tertiary alicyclic amines) is 1. The molecule has 0 spiro atoms. The molecule has 2 saturated heterocycles. The van der Waals surface area contributed by atoms with Gasteiger partial charge in [-0.25, -0.2) is 4.39 Å². The Labute approximate surface area is 179 Å². The largest absolute Gasteiger partial charge is 0.367 e. The van der Waals surface area contributed by atoms with Gasteiger partial charge < -0.3 is 9.88 Å². The molecule has 0 aliphatic carbocycles. The topological polar surface area (TPSA) is 85.5 Å². The van der Waals surface area contributed by atoms with Crippen molar-refractivity contribution in [2.75, 3.05) is 13.1 Å². The first-order valence-electron chi connectivity index (χ1n) is 10.8. The van der Waals surface area contributed by atoms with Gasteiger partial charge in [0.05, 0.1) is 0 Å². The summed E-state index contributed by atoms with van der Waals surface area (Å²) in [6.07, 6.45) is 6.22. The third kappa shape index (κ3) is 3.76. The number of halogens is 1. The van der Waals surface area contributed by atoms with Crippen molar-refractivity contribution in [3.8, 4) is 0 Å². The smallest absolute Gasteiger partial charge is 0.255 e. The molecule has 0 saturated carbocycles. The Morgan fingerprint density at radius 3 is 2.61 bits per heavy atom. The molecule has 4 heterocycles. The fourth-order valence-corrected chi connectivity index (χ4v) is 5.13. The Balaban J connectivity index is 1.34. The van der Waals surface area contributed by atoms with Crippen molar-refractivity contribution in [3.05, 3.63) is 58.7 Å². The minimum Gasteiger partial charge on any atom is -0.367 e. The van der Waals surface area contributed by atoms with Crippen molar-refractivity contribution < 1.29 is 18.8 Å². The molecule has 0 bridgehead atoms. The fourth-order valence-electron chi connectivity index (χ4n) is 5.13. The monoisotopic (exact) mass is 424 g/mol. The normalized spacial score (nSPS) is 22.7. The van der Waals surface area contributed by atoms with Gasteiger partial charge in [-0.1, -0.05) is 0 Å². The van der Waals surface area contributed by atoms with Gasteiger partial charge in [-0.05, 0) is 73.2 Å². The molecule has 1 aromatic carbocycles.